The first kappa shape index (κ1) is 14.1. The summed E-state index contributed by atoms with van der Waals surface area (Å²) in [5.74, 6) is 5.73. The fourth-order valence-corrected chi connectivity index (χ4v) is 2.52. The minimum atomic E-state index is -3.75. The maximum Gasteiger partial charge on any atom is 0.263 e. The number of aromatic nitrogens is 1. The zero-order chi connectivity index (χ0) is 14.6. The molecule has 1 aromatic carbocycles. The molecule has 0 bridgehead atoms. The number of aliphatic hydroxyl groups excluding tert-OH is 1. The Labute approximate surface area is 116 Å². The third-order valence-electron chi connectivity index (χ3n) is 2.32. The fourth-order valence-electron chi connectivity index (χ4n) is 1.49. The number of benzene rings is 1. The second-order valence-electron chi connectivity index (χ2n) is 3.92. The van der Waals surface area contributed by atoms with E-state index in [-0.39, 0.29) is 17.3 Å². The van der Waals surface area contributed by atoms with E-state index in [0.717, 1.165) is 0 Å². The lowest BCUT2D eigenvalue weighted by molar-refractivity contribution is 0.350. The normalized spacial score (nSPS) is 10.7. The second kappa shape index (κ2) is 5.77. The van der Waals surface area contributed by atoms with E-state index in [0.29, 0.717) is 11.3 Å². The van der Waals surface area contributed by atoms with E-state index >= 15 is 0 Å². The monoisotopic (exact) mass is 292 g/mol. The number of nitrogens with zero attached hydrogens (tertiary/aromatic N) is 1. The van der Waals surface area contributed by atoms with Gasteiger partial charge in [-0.05, 0) is 25.1 Å². The van der Waals surface area contributed by atoms with Gasteiger partial charge in [0.1, 0.15) is 12.4 Å². The molecule has 0 unspecified atom stereocenters. The van der Waals surface area contributed by atoms with Gasteiger partial charge in [-0.25, -0.2) is 8.42 Å². The molecule has 104 valence electrons. The highest BCUT2D eigenvalue weighted by molar-refractivity contribution is 7.92. The van der Waals surface area contributed by atoms with Crippen molar-refractivity contribution in [2.24, 2.45) is 0 Å². The second-order valence-corrected chi connectivity index (χ2v) is 5.60. The van der Waals surface area contributed by atoms with Crippen LogP contribution in [0.2, 0.25) is 0 Å². The molecule has 0 saturated heterocycles. The Morgan fingerprint density at radius 3 is 2.85 bits per heavy atom. The topological polar surface area (TPSA) is 92.4 Å². The van der Waals surface area contributed by atoms with E-state index in [9.17, 15) is 8.42 Å². The molecule has 0 fully saturated rings. The number of rotatable bonds is 3. The molecule has 0 atom stereocenters. The molecule has 0 aliphatic carbocycles. The molecule has 0 spiro atoms. The van der Waals surface area contributed by atoms with Crippen LogP contribution in [0.25, 0.3) is 0 Å². The van der Waals surface area contributed by atoms with Crippen molar-refractivity contribution in [2.45, 2.75) is 11.8 Å². The van der Waals surface area contributed by atoms with E-state index in [4.69, 9.17) is 9.63 Å². The molecule has 7 heteroatoms. The van der Waals surface area contributed by atoms with Crippen molar-refractivity contribution < 1.29 is 18.0 Å². The Hall–Kier alpha value is -2.30. The predicted octanol–water partition coefficient (Wildman–Crippen LogP) is 1.13. The smallest absolute Gasteiger partial charge is 0.263 e. The molecule has 1 aromatic heterocycles. The summed E-state index contributed by atoms with van der Waals surface area (Å²) in [5.41, 5.74) is 0.498. The van der Waals surface area contributed by atoms with Gasteiger partial charge in [0.25, 0.3) is 10.0 Å². The van der Waals surface area contributed by atoms with E-state index in [1.54, 1.807) is 19.1 Å². The van der Waals surface area contributed by atoms with Crippen LogP contribution in [-0.2, 0) is 10.0 Å². The largest absolute Gasteiger partial charge is 0.384 e. The van der Waals surface area contributed by atoms with Gasteiger partial charge in [-0.2, -0.15) is 0 Å². The highest BCUT2D eigenvalue weighted by atomic mass is 32.2. The summed E-state index contributed by atoms with van der Waals surface area (Å²) < 4.78 is 31.4. The van der Waals surface area contributed by atoms with Crippen molar-refractivity contribution in [3.8, 4) is 11.8 Å². The molecule has 0 amide bonds. The Bertz CT molecular complexity index is 769. The van der Waals surface area contributed by atoms with Crippen LogP contribution < -0.4 is 4.72 Å². The van der Waals surface area contributed by atoms with E-state index in [2.05, 4.69) is 21.7 Å². The average molecular weight is 292 g/mol. The maximum atomic E-state index is 12.1. The van der Waals surface area contributed by atoms with Gasteiger partial charge in [-0.1, -0.05) is 23.1 Å². The van der Waals surface area contributed by atoms with E-state index in [1.807, 2.05) is 0 Å². The summed E-state index contributed by atoms with van der Waals surface area (Å²) in [6.45, 7) is 1.38. The molecule has 1 heterocycles. The number of hydrogen-bond acceptors (Lipinski definition) is 5. The summed E-state index contributed by atoms with van der Waals surface area (Å²) in [6.07, 6.45) is 0. The number of aryl methyl sites for hydroxylation is 1. The summed E-state index contributed by atoms with van der Waals surface area (Å²) in [5, 5.41) is 12.2. The van der Waals surface area contributed by atoms with Crippen molar-refractivity contribution in [1.29, 1.82) is 0 Å². The van der Waals surface area contributed by atoms with Crippen molar-refractivity contribution >= 4 is 15.8 Å². The van der Waals surface area contributed by atoms with Crippen LogP contribution in [-0.4, -0.2) is 25.3 Å². The van der Waals surface area contributed by atoms with Crippen molar-refractivity contribution in [1.82, 2.24) is 5.16 Å². The van der Waals surface area contributed by atoms with Gasteiger partial charge in [0.2, 0.25) is 0 Å². The minimum Gasteiger partial charge on any atom is -0.384 e. The Morgan fingerprint density at radius 2 is 2.20 bits per heavy atom. The van der Waals surface area contributed by atoms with Gasteiger partial charge in [0, 0.05) is 11.6 Å². The zero-order valence-electron chi connectivity index (χ0n) is 10.6. The lowest BCUT2D eigenvalue weighted by atomic mass is 10.2. The van der Waals surface area contributed by atoms with Crippen LogP contribution in [0.4, 0.5) is 5.82 Å². The summed E-state index contributed by atoms with van der Waals surface area (Å²) >= 11 is 0. The SMILES string of the molecule is Cc1cc(NS(=O)(=O)c2cccc(C#CCO)c2)no1. The van der Waals surface area contributed by atoms with Gasteiger partial charge in [0.15, 0.2) is 5.82 Å². The van der Waals surface area contributed by atoms with Crippen LogP contribution >= 0.6 is 0 Å². The Balaban J connectivity index is 2.29. The summed E-state index contributed by atoms with van der Waals surface area (Å²) in [6, 6.07) is 7.57. The fraction of sp³-hybridized carbons (Fsp3) is 0.154. The highest BCUT2D eigenvalue weighted by Crippen LogP contribution is 2.16. The first-order valence-electron chi connectivity index (χ1n) is 5.67. The van der Waals surface area contributed by atoms with Crippen LogP contribution in [0.15, 0.2) is 39.8 Å². The molecule has 2 aromatic rings. The number of nitrogens with one attached hydrogen (secondary N) is 1. The maximum absolute atomic E-state index is 12.1. The number of hydrogen-bond donors (Lipinski definition) is 2. The third kappa shape index (κ3) is 3.38. The minimum absolute atomic E-state index is 0.0582. The number of sulfonamides is 1. The highest BCUT2D eigenvalue weighted by Gasteiger charge is 2.16. The van der Waals surface area contributed by atoms with Gasteiger partial charge >= 0.3 is 0 Å². The molecule has 0 radical (unpaired) electrons. The molecule has 0 aliphatic rings. The van der Waals surface area contributed by atoms with Crippen LogP contribution in [0, 0.1) is 18.8 Å². The lowest BCUT2D eigenvalue weighted by Gasteiger charge is -2.04. The van der Waals surface area contributed by atoms with E-state index < -0.39 is 10.0 Å². The Morgan fingerprint density at radius 1 is 1.40 bits per heavy atom. The quantitative estimate of drug-likeness (QED) is 0.827. The van der Waals surface area contributed by atoms with Crippen LogP contribution in [0.3, 0.4) is 0 Å². The Kier molecular flexibility index (Phi) is 4.08. The molecular weight excluding hydrogens is 280 g/mol. The summed E-state index contributed by atoms with van der Waals surface area (Å²) in [4.78, 5) is 0.0582. The number of anilines is 1. The van der Waals surface area contributed by atoms with Gasteiger partial charge in [-0.3, -0.25) is 4.72 Å². The predicted molar refractivity (Wildman–Crippen MR) is 72.5 cm³/mol. The first-order chi connectivity index (χ1) is 9.51. The van der Waals surface area contributed by atoms with Gasteiger partial charge in [-0.15, -0.1) is 0 Å². The first-order valence-corrected chi connectivity index (χ1v) is 7.15. The molecule has 2 rings (SSSR count). The van der Waals surface area contributed by atoms with Crippen molar-refractivity contribution in [3.05, 3.63) is 41.7 Å². The third-order valence-corrected chi connectivity index (χ3v) is 3.68. The van der Waals surface area contributed by atoms with Crippen molar-refractivity contribution in [2.75, 3.05) is 11.3 Å². The van der Waals surface area contributed by atoms with Crippen molar-refractivity contribution in [3.63, 3.8) is 0 Å². The lowest BCUT2D eigenvalue weighted by Crippen LogP contribution is -2.13. The molecule has 20 heavy (non-hydrogen) atoms. The zero-order valence-corrected chi connectivity index (χ0v) is 11.4. The van der Waals surface area contributed by atoms with Gasteiger partial charge < -0.3 is 9.63 Å². The molecular formula is C13H12N2O4S. The average Bonchev–Trinajstić information content (AvgIpc) is 2.81. The van der Waals surface area contributed by atoms with Crippen LogP contribution in [0.5, 0.6) is 0 Å². The van der Waals surface area contributed by atoms with Gasteiger partial charge in [0.05, 0.1) is 4.90 Å². The van der Waals surface area contributed by atoms with Crippen LogP contribution in [0.1, 0.15) is 11.3 Å². The van der Waals surface area contributed by atoms with E-state index in [1.165, 1.54) is 18.2 Å². The molecule has 0 aliphatic heterocycles. The standard InChI is InChI=1S/C13H12N2O4S/c1-10-8-13(14-19-10)15-20(17,18)12-6-2-4-11(9-12)5-3-7-16/h2,4,6,8-9,16H,7H2,1H3,(H,14,15). The molecule has 2 N–H and O–H groups in total. The number of aliphatic hydroxyl groups is 1. The molecule has 6 nitrogen and oxygen atoms in total. The summed E-state index contributed by atoms with van der Waals surface area (Å²) in [7, 11) is -3.75. The molecule has 0 saturated carbocycles.